The maximum Gasteiger partial charge on any atom is 0.254 e. The van der Waals surface area contributed by atoms with Crippen LogP contribution in [0.25, 0.3) is 0 Å². The summed E-state index contributed by atoms with van der Waals surface area (Å²) in [5, 5.41) is 3.27. The van der Waals surface area contributed by atoms with Crippen molar-refractivity contribution in [3.63, 3.8) is 0 Å². The SMILES string of the molecule is CCN(CCCNC(=O)C1c2ccccc2C(=O)N(C2CCCCC2)C1c1ccc(OC)cc1)c1cccc(C)c1. The van der Waals surface area contributed by atoms with Gasteiger partial charge in [-0.25, -0.2) is 0 Å². The van der Waals surface area contributed by atoms with E-state index in [2.05, 4.69) is 48.3 Å². The van der Waals surface area contributed by atoms with Gasteiger partial charge >= 0.3 is 0 Å². The van der Waals surface area contributed by atoms with E-state index < -0.39 is 5.92 Å². The smallest absolute Gasteiger partial charge is 0.254 e. The molecule has 6 heteroatoms. The number of fused-ring (bicyclic) bond motifs is 1. The summed E-state index contributed by atoms with van der Waals surface area (Å²) in [6.45, 7) is 6.62. The predicted molar refractivity (Wildman–Crippen MR) is 165 cm³/mol. The van der Waals surface area contributed by atoms with E-state index in [1.165, 1.54) is 17.7 Å². The zero-order chi connectivity index (χ0) is 28.8. The topological polar surface area (TPSA) is 61.9 Å². The van der Waals surface area contributed by atoms with Crippen molar-refractivity contribution < 1.29 is 14.3 Å². The molecule has 0 saturated heterocycles. The normalized spacial score (nSPS) is 19.0. The Labute approximate surface area is 244 Å². The average molecular weight is 554 g/mol. The number of methoxy groups -OCH3 is 1. The molecule has 2 aliphatic rings. The first kappa shape index (κ1) is 28.7. The predicted octanol–water partition coefficient (Wildman–Crippen LogP) is 6.65. The van der Waals surface area contributed by atoms with E-state index in [1.807, 2.05) is 53.4 Å². The highest BCUT2D eigenvalue weighted by molar-refractivity contribution is 6.01. The quantitative estimate of drug-likeness (QED) is 0.286. The second-order valence-electron chi connectivity index (χ2n) is 11.4. The molecule has 3 aromatic carbocycles. The number of hydrogen-bond donors (Lipinski definition) is 1. The van der Waals surface area contributed by atoms with Gasteiger partial charge in [0, 0.05) is 36.9 Å². The fraction of sp³-hybridized carbons (Fsp3) is 0.429. The van der Waals surface area contributed by atoms with Gasteiger partial charge in [-0.15, -0.1) is 0 Å². The van der Waals surface area contributed by atoms with E-state index in [4.69, 9.17) is 4.74 Å². The lowest BCUT2D eigenvalue weighted by Crippen LogP contribution is -2.52. The Hall–Kier alpha value is -3.80. The molecule has 3 aromatic rings. The molecule has 1 saturated carbocycles. The van der Waals surface area contributed by atoms with Crippen LogP contribution in [0.1, 0.15) is 84.5 Å². The van der Waals surface area contributed by atoms with Crippen LogP contribution in [-0.2, 0) is 4.79 Å². The summed E-state index contributed by atoms with van der Waals surface area (Å²) in [4.78, 5) is 32.6. The number of benzene rings is 3. The minimum absolute atomic E-state index is 0.0230. The van der Waals surface area contributed by atoms with Crippen LogP contribution >= 0.6 is 0 Å². The summed E-state index contributed by atoms with van der Waals surface area (Å²) in [6.07, 6.45) is 6.19. The van der Waals surface area contributed by atoms with Crippen LogP contribution in [0.2, 0.25) is 0 Å². The highest BCUT2D eigenvalue weighted by atomic mass is 16.5. The summed E-state index contributed by atoms with van der Waals surface area (Å²) in [5.74, 6) is 0.285. The number of carbonyl (C=O) groups excluding carboxylic acids is 2. The number of nitrogens with one attached hydrogen (secondary N) is 1. The van der Waals surface area contributed by atoms with Crippen LogP contribution in [0.5, 0.6) is 5.75 Å². The zero-order valence-electron chi connectivity index (χ0n) is 24.6. The molecule has 2 unspecified atom stereocenters. The fourth-order valence-corrected chi connectivity index (χ4v) is 6.64. The molecular formula is C35H43N3O3. The van der Waals surface area contributed by atoms with Crippen LogP contribution in [0.4, 0.5) is 5.69 Å². The molecule has 1 N–H and O–H groups in total. The molecule has 216 valence electrons. The molecule has 6 nitrogen and oxygen atoms in total. The van der Waals surface area contributed by atoms with Crippen LogP contribution in [0.3, 0.4) is 0 Å². The minimum Gasteiger partial charge on any atom is -0.497 e. The minimum atomic E-state index is -0.488. The molecule has 1 aliphatic heterocycles. The van der Waals surface area contributed by atoms with Gasteiger partial charge in [0.15, 0.2) is 0 Å². The second kappa shape index (κ2) is 13.2. The Morgan fingerprint density at radius 2 is 1.76 bits per heavy atom. The number of ether oxygens (including phenoxy) is 1. The van der Waals surface area contributed by atoms with Gasteiger partial charge in [0.1, 0.15) is 5.75 Å². The van der Waals surface area contributed by atoms with E-state index in [1.54, 1.807) is 7.11 Å². The standard InChI is InChI=1S/C35H43N3O3/c1-4-37(28-15-10-12-25(2)24-28)23-11-22-36-34(39)32-30-16-8-9-17-31(30)35(40)38(27-13-6-5-7-14-27)33(32)26-18-20-29(41-3)21-19-26/h8-10,12,15-21,24,27,32-33H,4-7,11,13-14,22-23H2,1-3H3,(H,36,39). The van der Waals surface area contributed by atoms with E-state index in [9.17, 15) is 9.59 Å². The van der Waals surface area contributed by atoms with Crippen molar-refractivity contribution in [1.29, 1.82) is 0 Å². The zero-order valence-corrected chi connectivity index (χ0v) is 24.6. The van der Waals surface area contributed by atoms with Gasteiger partial charge in [0.25, 0.3) is 5.91 Å². The molecule has 41 heavy (non-hydrogen) atoms. The maximum absolute atomic E-state index is 14.1. The molecular weight excluding hydrogens is 510 g/mol. The molecule has 2 amide bonds. The Balaban J connectivity index is 1.41. The first-order valence-corrected chi connectivity index (χ1v) is 15.2. The van der Waals surface area contributed by atoms with Crippen LogP contribution in [-0.4, -0.2) is 49.5 Å². The van der Waals surface area contributed by atoms with E-state index >= 15 is 0 Å². The summed E-state index contributed by atoms with van der Waals surface area (Å²) >= 11 is 0. The number of hydrogen-bond acceptors (Lipinski definition) is 4. The van der Waals surface area contributed by atoms with E-state index in [0.717, 1.165) is 62.1 Å². The summed E-state index contributed by atoms with van der Waals surface area (Å²) in [5.41, 5.74) is 4.89. The summed E-state index contributed by atoms with van der Waals surface area (Å²) in [7, 11) is 1.65. The molecule has 0 bridgehead atoms. The number of aryl methyl sites for hydroxylation is 1. The molecule has 1 heterocycles. The van der Waals surface area contributed by atoms with Crippen molar-refractivity contribution in [2.75, 3.05) is 31.6 Å². The van der Waals surface area contributed by atoms with Crippen molar-refractivity contribution in [2.24, 2.45) is 0 Å². The third-order valence-corrected chi connectivity index (χ3v) is 8.74. The van der Waals surface area contributed by atoms with Crippen molar-refractivity contribution in [2.45, 2.75) is 70.4 Å². The van der Waals surface area contributed by atoms with Gasteiger partial charge in [-0.1, -0.05) is 61.7 Å². The second-order valence-corrected chi connectivity index (χ2v) is 11.4. The molecule has 2 atom stereocenters. The van der Waals surface area contributed by atoms with Gasteiger partial charge in [-0.3, -0.25) is 9.59 Å². The molecule has 5 rings (SSSR count). The molecule has 1 aliphatic carbocycles. The highest BCUT2D eigenvalue weighted by Crippen LogP contribution is 2.46. The third kappa shape index (κ3) is 6.27. The first-order valence-electron chi connectivity index (χ1n) is 15.2. The van der Waals surface area contributed by atoms with E-state index in [-0.39, 0.29) is 23.9 Å². The number of nitrogens with zero attached hydrogens (tertiary/aromatic N) is 2. The first-order chi connectivity index (χ1) is 20.0. The lowest BCUT2D eigenvalue weighted by Gasteiger charge is -2.46. The Bertz CT molecular complexity index is 1330. The average Bonchev–Trinajstić information content (AvgIpc) is 3.01. The van der Waals surface area contributed by atoms with Crippen molar-refractivity contribution >= 4 is 17.5 Å². The van der Waals surface area contributed by atoms with Gasteiger partial charge < -0.3 is 19.9 Å². The van der Waals surface area contributed by atoms with Crippen molar-refractivity contribution in [3.8, 4) is 5.75 Å². The van der Waals surface area contributed by atoms with Gasteiger partial charge in [0.05, 0.1) is 19.1 Å². The molecule has 0 aromatic heterocycles. The highest BCUT2D eigenvalue weighted by Gasteiger charge is 2.46. The van der Waals surface area contributed by atoms with Crippen LogP contribution in [0, 0.1) is 6.92 Å². The fourth-order valence-electron chi connectivity index (χ4n) is 6.64. The third-order valence-electron chi connectivity index (χ3n) is 8.74. The number of amides is 2. The Kier molecular flexibility index (Phi) is 9.28. The van der Waals surface area contributed by atoms with Crippen molar-refractivity contribution in [3.05, 3.63) is 95.1 Å². The van der Waals surface area contributed by atoms with Crippen LogP contribution in [0.15, 0.2) is 72.8 Å². The number of carbonyl (C=O) groups is 2. The Morgan fingerprint density at radius 1 is 1.00 bits per heavy atom. The Morgan fingerprint density at radius 3 is 2.46 bits per heavy atom. The summed E-state index contributed by atoms with van der Waals surface area (Å²) < 4.78 is 5.42. The lowest BCUT2D eigenvalue weighted by atomic mass is 9.77. The van der Waals surface area contributed by atoms with Gasteiger partial charge in [-0.05, 0) is 80.1 Å². The number of anilines is 1. The van der Waals surface area contributed by atoms with Crippen molar-refractivity contribution in [1.82, 2.24) is 10.2 Å². The molecule has 0 radical (unpaired) electrons. The van der Waals surface area contributed by atoms with E-state index in [0.29, 0.717) is 12.1 Å². The monoisotopic (exact) mass is 553 g/mol. The van der Waals surface area contributed by atoms with Gasteiger partial charge in [0.2, 0.25) is 5.91 Å². The lowest BCUT2D eigenvalue weighted by molar-refractivity contribution is -0.124. The van der Waals surface area contributed by atoms with Crippen LogP contribution < -0.4 is 15.0 Å². The maximum atomic E-state index is 14.1. The van der Waals surface area contributed by atoms with Gasteiger partial charge in [-0.2, -0.15) is 0 Å². The largest absolute Gasteiger partial charge is 0.497 e. The molecule has 1 fully saturated rings. The molecule has 0 spiro atoms. The summed E-state index contributed by atoms with van der Waals surface area (Å²) in [6, 6.07) is 23.9. The number of rotatable bonds is 10.